The molecular weight excluding hydrogens is 845 g/mol. The lowest BCUT2D eigenvalue weighted by atomic mass is 9.75. The summed E-state index contributed by atoms with van der Waals surface area (Å²) in [5.41, 5.74) is 15.9. The van der Waals surface area contributed by atoms with Crippen molar-refractivity contribution in [3.05, 3.63) is 99.4 Å². The Labute approximate surface area is 372 Å². The molecule has 3 aromatic rings. The smallest absolute Gasteiger partial charge is 0.317 e. The molecule has 0 aliphatic carbocycles. The zero-order valence-electron chi connectivity index (χ0n) is 35.2. The van der Waals surface area contributed by atoms with Gasteiger partial charge in [-0.2, -0.15) is 0 Å². The predicted octanol–water partition coefficient (Wildman–Crippen LogP) is -0.0108. The molecule has 10 rings (SSSR count). The minimum absolute atomic E-state index is 0.0867. The van der Waals surface area contributed by atoms with Crippen LogP contribution in [0.4, 0.5) is 0 Å². The highest BCUT2D eigenvalue weighted by molar-refractivity contribution is 5.90. The van der Waals surface area contributed by atoms with Gasteiger partial charge in [0.25, 0.3) is 0 Å². The van der Waals surface area contributed by atoms with Crippen molar-refractivity contribution in [1.82, 2.24) is 0 Å². The van der Waals surface area contributed by atoms with E-state index in [4.69, 9.17) is 44.6 Å². The van der Waals surface area contributed by atoms with Gasteiger partial charge in [0.15, 0.2) is 28.9 Å². The first-order valence-electron chi connectivity index (χ1n) is 21.5. The van der Waals surface area contributed by atoms with E-state index in [1.54, 1.807) is 19.4 Å². The maximum atomic E-state index is 12.5. The predicted molar refractivity (Wildman–Crippen MR) is 226 cm³/mol. The number of methoxy groups -OCH3 is 1. The van der Waals surface area contributed by atoms with Gasteiger partial charge in [0.2, 0.25) is 12.0 Å². The molecule has 0 spiro atoms. The van der Waals surface area contributed by atoms with Gasteiger partial charge in [-0.1, -0.05) is 48.2 Å². The van der Waals surface area contributed by atoms with E-state index in [9.17, 15) is 35.1 Å². The lowest BCUT2D eigenvalue weighted by Gasteiger charge is -2.48. The number of nitrogens with two attached hydrogens (primary N) is 2. The highest BCUT2D eigenvalue weighted by Gasteiger charge is 2.60. The number of aliphatic hydroxyl groups excluding tert-OH is 3. The molecule has 3 aromatic carbocycles. The molecule has 18 heteroatoms. The molecule has 1 saturated heterocycles. The van der Waals surface area contributed by atoms with Gasteiger partial charge >= 0.3 is 11.9 Å². The van der Waals surface area contributed by atoms with Crippen molar-refractivity contribution < 1.29 is 73.2 Å². The second-order valence-electron chi connectivity index (χ2n) is 17.2. The maximum absolute atomic E-state index is 12.5. The van der Waals surface area contributed by atoms with Gasteiger partial charge < -0.3 is 70.2 Å². The molecule has 1 fully saturated rings. The third-order valence-corrected chi connectivity index (χ3v) is 13.5. The number of hydrogen-bond donors (Lipinski definition) is 8. The van der Waals surface area contributed by atoms with Crippen LogP contribution in [-0.4, -0.2) is 119 Å². The fourth-order valence-corrected chi connectivity index (χ4v) is 10.4. The number of carbonyl (C=O) groups excluding carboxylic acids is 1. The van der Waals surface area contributed by atoms with E-state index in [-0.39, 0.29) is 38.3 Å². The summed E-state index contributed by atoms with van der Waals surface area (Å²) in [6, 6.07) is 15.4. The summed E-state index contributed by atoms with van der Waals surface area (Å²) in [4.78, 5) is 29.3. The molecule has 0 saturated carbocycles. The monoisotopic (exact) mass is 893 g/mol. The number of carbonyl (C=O) groups is 2. The maximum Gasteiger partial charge on any atom is 0.317 e. The Balaban J connectivity index is 1.13. The Morgan fingerprint density at radius 2 is 1.89 bits per heavy atom. The summed E-state index contributed by atoms with van der Waals surface area (Å²) in [6.07, 6.45) is -8.85. The van der Waals surface area contributed by atoms with Crippen LogP contribution in [0.3, 0.4) is 0 Å². The Morgan fingerprint density at radius 3 is 2.65 bits per heavy atom. The number of aliphatic imine (C=N–C) groups is 1. The van der Waals surface area contributed by atoms with Gasteiger partial charge in [0.1, 0.15) is 73.8 Å². The topological polar surface area (TPSA) is 269 Å². The molecule has 18 nitrogen and oxygen atoms in total. The Hall–Kier alpha value is -6.01. The van der Waals surface area contributed by atoms with Crippen molar-refractivity contribution in [2.75, 3.05) is 26.9 Å². The number of rotatable bonds is 10. The van der Waals surface area contributed by atoms with Crippen LogP contribution >= 0.6 is 0 Å². The lowest BCUT2D eigenvalue weighted by Crippen LogP contribution is -3.08. The van der Waals surface area contributed by atoms with Crippen molar-refractivity contribution in [2.24, 2.45) is 16.5 Å². The van der Waals surface area contributed by atoms with Crippen molar-refractivity contribution >= 4 is 18.2 Å². The van der Waals surface area contributed by atoms with Gasteiger partial charge in [0.05, 0.1) is 31.7 Å². The molecule has 0 amide bonds. The average Bonchev–Trinajstić information content (AvgIpc) is 3.97. The number of carboxylic acid groups (broad SMARTS) is 1. The van der Waals surface area contributed by atoms with Crippen LogP contribution in [-0.2, 0) is 32.0 Å². The Bertz CT molecular complexity index is 2590. The number of allylic oxidation sites excluding steroid dienone is 1. The molecule has 10 N–H and O–H groups in total. The van der Waals surface area contributed by atoms with Gasteiger partial charge in [-0.05, 0) is 30.5 Å². The van der Waals surface area contributed by atoms with E-state index >= 15 is 0 Å². The van der Waals surface area contributed by atoms with Crippen LogP contribution in [0.5, 0.6) is 28.7 Å². The van der Waals surface area contributed by atoms with Gasteiger partial charge in [-0.3, -0.25) is 19.5 Å². The molecule has 4 bridgehead atoms. The zero-order valence-corrected chi connectivity index (χ0v) is 35.2. The second-order valence-corrected chi connectivity index (χ2v) is 17.2. The molecule has 7 heterocycles. The quantitative estimate of drug-likeness (QED) is 0.0576. The highest BCUT2D eigenvalue weighted by Crippen LogP contribution is 2.61. The first kappa shape index (κ1) is 42.9. The number of nitrogens with zero attached hydrogens (tertiary/aromatic N) is 1. The van der Waals surface area contributed by atoms with Gasteiger partial charge in [0, 0.05) is 46.5 Å². The minimum Gasteiger partial charge on any atom is -0.493 e. The average molecular weight is 894 g/mol. The largest absolute Gasteiger partial charge is 0.493 e. The zero-order chi connectivity index (χ0) is 45.3. The molecule has 65 heavy (non-hydrogen) atoms. The van der Waals surface area contributed by atoms with E-state index in [2.05, 4.69) is 16.8 Å². The minimum atomic E-state index is -2.26. The number of nitrogens with one attached hydrogen (secondary N) is 1. The normalized spacial score (nSPS) is 30.5. The SMILES string of the molecule is COc1ccc2c3c1OCCC#CC(c1ccccc1)C1Oc4cc5c(c(C[NH+]6CC7=CC=NC7=C6CO)c4C(O3)C21)CCC1(O)C(O5)OC(C(OC(=O)CC(=O)O)C(N)N)C(O)C1O. The summed E-state index contributed by atoms with van der Waals surface area (Å²) in [5, 5.41) is 55.6. The van der Waals surface area contributed by atoms with E-state index in [0.717, 1.165) is 32.9 Å². The molecule has 7 aliphatic rings. The fourth-order valence-electron chi connectivity index (χ4n) is 10.4. The van der Waals surface area contributed by atoms with Gasteiger partial charge in [-0.25, -0.2) is 0 Å². The standard InChI is InChI=1S/C47H48N4O14/c1-59-29-11-10-26-35-38-24(22-7-3-2-4-8-22)9-5-6-16-60-40(29)39(26)64-41(35)34-27(20-51-19-23-13-15-50-36(23)28(51)21-52)25-12-14-47(58)44(57)37(56)42(43(45(48)49)63-33(55)18-32(53)54)65-46(47)62-30(25)17-31(34)61-38/h2-4,7-8,10-11,13,15,17,24,35,37-38,41-46,52,56-58H,6,12,14,16,18-21,48-49H2,1H3,(H,53,54)/p+1. The number of quaternary nitrogens is 1. The molecule has 11 unspecified atom stereocenters. The number of hydrogen-bond acceptors (Lipinski definition) is 16. The third-order valence-electron chi connectivity index (χ3n) is 13.5. The number of ether oxygens (including phenoxy) is 7. The second kappa shape index (κ2) is 16.8. The van der Waals surface area contributed by atoms with Crippen LogP contribution in [0.2, 0.25) is 0 Å². The van der Waals surface area contributed by atoms with Gasteiger partial charge in [-0.15, -0.1) is 0 Å². The first-order valence-corrected chi connectivity index (χ1v) is 21.5. The molecule has 0 aromatic heterocycles. The van der Waals surface area contributed by atoms with Crippen molar-refractivity contribution in [2.45, 2.75) is 98.7 Å². The molecule has 11 atom stereocenters. The lowest BCUT2D eigenvalue weighted by molar-refractivity contribution is -0.867. The van der Waals surface area contributed by atoms with E-state index in [1.807, 2.05) is 48.5 Å². The highest BCUT2D eigenvalue weighted by atomic mass is 16.7. The molecule has 0 radical (unpaired) electrons. The number of aliphatic hydroxyl groups is 4. The fraction of sp³-hybridized carbons (Fsp3) is 0.426. The number of benzene rings is 3. The van der Waals surface area contributed by atoms with Crippen molar-refractivity contribution in [1.29, 1.82) is 0 Å². The summed E-state index contributed by atoms with van der Waals surface area (Å²) in [7, 11) is 1.57. The number of fused-ring (bicyclic) bond motifs is 5. The van der Waals surface area contributed by atoms with Crippen LogP contribution < -0.4 is 40.1 Å². The molecular formula is C47H49N4O14+. The van der Waals surface area contributed by atoms with E-state index in [0.29, 0.717) is 52.8 Å². The first-order chi connectivity index (χ1) is 31.4. The van der Waals surface area contributed by atoms with Crippen LogP contribution in [0.1, 0.15) is 65.0 Å². The summed E-state index contributed by atoms with van der Waals surface area (Å²) in [6.45, 7) is 0.797. The van der Waals surface area contributed by atoms with Crippen LogP contribution in [0.25, 0.3) is 0 Å². The Kier molecular flexibility index (Phi) is 11.1. The third kappa shape index (κ3) is 7.19. The molecule has 340 valence electrons. The number of carboxylic acids is 1. The van der Waals surface area contributed by atoms with E-state index < -0.39 is 84.9 Å². The van der Waals surface area contributed by atoms with E-state index in [1.165, 1.54) is 0 Å². The summed E-state index contributed by atoms with van der Waals surface area (Å²) >= 11 is 0. The summed E-state index contributed by atoms with van der Waals surface area (Å²) in [5.74, 6) is 5.31. The Morgan fingerprint density at radius 1 is 1.08 bits per heavy atom. The van der Waals surface area contributed by atoms with Crippen LogP contribution in [0.15, 0.2) is 76.6 Å². The van der Waals surface area contributed by atoms with Crippen LogP contribution in [0, 0.1) is 11.8 Å². The molecule has 7 aliphatic heterocycles. The number of esters is 1. The number of aliphatic carboxylic acids is 1. The van der Waals surface area contributed by atoms with Crippen molar-refractivity contribution in [3.8, 4) is 40.6 Å². The van der Waals surface area contributed by atoms with Crippen molar-refractivity contribution in [3.63, 3.8) is 0 Å². The summed E-state index contributed by atoms with van der Waals surface area (Å²) < 4.78 is 44.7.